The summed E-state index contributed by atoms with van der Waals surface area (Å²) in [5.41, 5.74) is 5.61. The molecule has 1 saturated heterocycles. The van der Waals surface area contributed by atoms with E-state index >= 15 is 0 Å². The van der Waals surface area contributed by atoms with Crippen molar-refractivity contribution < 1.29 is 12.8 Å². The molecular weight excluding hydrogens is 275 g/mol. The monoisotopic (exact) mass is 290 g/mol. The van der Waals surface area contributed by atoms with E-state index in [2.05, 4.69) is 0 Å². The van der Waals surface area contributed by atoms with Crippen molar-refractivity contribution in [3.63, 3.8) is 0 Å². The predicted molar refractivity (Wildman–Crippen MR) is 71.6 cm³/mol. The first-order valence-corrected chi connectivity index (χ1v) is 8.16. The number of sulfonamides is 1. The molecule has 0 bridgehead atoms. The SMILES string of the molecule is Cc1cc(S(=O)(=O)N2CCSCC2)cc(N)c1F. The first-order valence-electron chi connectivity index (χ1n) is 5.56. The average molecular weight is 290 g/mol. The molecule has 0 spiro atoms. The summed E-state index contributed by atoms with van der Waals surface area (Å²) in [5, 5.41) is 0. The van der Waals surface area contributed by atoms with Crippen LogP contribution >= 0.6 is 11.8 Å². The number of rotatable bonds is 2. The third-order valence-electron chi connectivity index (χ3n) is 2.86. The summed E-state index contributed by atoms with van der Waals surface area (Å²) in [4.78, 5) is 0.0748. The largest absolute Gasteiger partial charge is 0.396 e. The van der Waals surface area contributed by atoms with Gasteiger partial charge < -0.3 is 5.73 Å². The molecule has 0 aromatic heterocycles. The fraction of sp³-hybridized carbons (Fsp3) is 0.455. The lowest BCUT2D eigenvalue weighted by Gasteiger charge is -2.25. The van der Waals surface area contributed by atoms with Gasteiger partial charge in [-0.3, -0.25) is 0 Å². The number of benzene rings is 1. The first-order chi connectivity index (χ1) is 8.43. The number of anilines is 1. The molecule has 1 aliphatic rings. The van der Waals surface area contributed by atoms with E-state index in [0.29, 0.717) is 13.1 Å². The Kier molecular flexibility index (Phi) is 3.84. The van der Waals surface area contributed by atoms with Crippen LogP contribution in [0, 0.1) is 12.7 Å². The Morgan fingerprint density at radius 2 is 1.94 bits per heavy atom. The Morgan fingerprint density at radius 3 is 2.50 bits per heavy atom. The number of halogens is 1. The van der Waals surface area contributed by atoms with Gasteiger partial charge in [-0.2, -0.15) is 16.1 Å². The van der Waals surface area contributed by atoms with Gasteiger partial charge in [-0.1, -0.05) is 0 Å². The molecule has 2 N–H and O–H groups in total. The lowest BCUT2D eigenvalue weighted by molar-refractivity contribution is 0.443. The number of nitrogens with zero attached hydrogens (tertiary/aromatic N) is 1. The van der Waals surface area contributed by atoms with Crippen LogP contribution < -0.4 is 5.73 Å². The van der Waals surface area contributed by atoms with Crippen LogP contribution in [0.3, 0.4) is 0 Å². The van der Waals surface area contributed by atoms with Crippen molar-refractivity contribution in [2.45, 2.75) is 11.8 Å². The number of nitrogens with two attached hydrogens (primary N) is 1. The molecule has 1 aromatic carbocycles. The molecule has 2 rings (SSSR count). The highest BCUT2D eigenvalue weighted by molar-refractivity contribution is 7.99. The van der Waals surface area contributed by atoms with E-state index in [-0.39, 0.29) is 16.1 Å². The molecule has 100 valence electrons. The van der Waals surface area contributed by atoms with Gasteiger partial charge in [-0.05, 0) is 24.6 Å². The Balaban J connectivity index is 2.41. The van der Waals surface area contributed by atoms with Gasteiger partial charge in [0.15, 0.2) is 0 Å². The third kappa shape index (κ3) is 2.48. The molecule has 0 aliphatic carbocycles. The molecule has 0 amide bonds. The minimum atomic E-state index is -3.55. The second-order valence-corrected chi connectivity index (χ2v) is 7.32. The average Bonchev–Trinajstić information content (AvgIpc) is 2.36. The van der Waals surface area contributed by atoms with E-state index in [1.807, 2.05) is 0 Å². The minimum Gasteiger partial charge on any atom is -0.396 e. The van der Waals surface area contributed by atoms with E-state index in [1.54, 1.807) is 11.8 Å². The topological polar surface area (TPSA) is 63.4 Å². The highest BCUT2D eigenvalue weighted by Crippen LogP contribution is 2.25. The summed E-state index contributed by atoms with van der Waals surface area (Å²) in [5.74, 6) is 1.02. The molecule has 1 aliphatic heterocycles. The molecule has 0 saturated carbocycles. The number of hydrogen-bond acceptors (Lipinski definition) is 4. The second kappa shape index (κ2) is 5.07. The zero-order valence-electron chi connectivity index (χ0n) is 10.0. The van der Waals surface area contributed by atoms with Gasteiger partial charge in [-0.15, -0.1) is 0 Å². The quantitative estimate of drug-likeness (QED) is 0.838. The van der Waals surface area contributed by atoms with Crippen LogP contribution in [-0.4, -0.2) is 37.3 Å². The number of thioether (sulfide) groups is 1. The predicted octanol–water partition coefficient (Wildman–Crippen LogP) is 1.45. The first kappa shape index (κ1) is 13.6. The van der Waals surface area contributed by atoms with Gasteiger partial charge in [0.05, 0.1) is 10.6 Å². The van der Waals surface area contributed by atoms with Crippen LogP contribution in [-0.2, 0) is 10.0 Å². The van der Waals surface area contributed by atoms with Crippen molar-refractivity contribution in [2.24, 2.45) is 0 Å². The number of hydrogen-bond donors (Lipinski definition) is 1. The summed E-state index contributed by atoms with van der Waals surface area (Å²) < 4.78 is 39.5. The smallest absolute Gasteiger partial charge is 0.243 e. The maximum absolute atomic E-state index is 13.4. The molecule has 4 nitrogen and oxygen atoms in total. The maximum Gasteiger partial charge on any atom is 0.243 e. The van der Waals surface area contributed by atoms with Crippen LogP contribution in [0.25, 0.3) is 0 Å². The molecule has 7 heteroatoms. The van der Waals surface area contributed by atoms with Crippen molar-refractivity contribution >= 4 is 27.5 Å². The summed E-state index contributed by atoms with van der Waals surface area (Å²) in [6.45, 7) is 2.49. The molecular formula is C11H15FN2O2S2. The zero-order chi connectivity index (χ0) is 13.3. The molecule has 0 atom stereocenters. The molecule has 1 aromatic rings. The van der Waals surface area contributed by atoms with Crippen LogP contribution in [0.2, 0.25) is 0 Å². The fourth-order valence-corrected chi connectivity index (χ4v) is 4.54. The van der Waals surface area contributed by atoms with Crippen molar-refractivity contribution in [2.75, 3.05) is 30.3 Å². The van der Waals surface area contributed by atoms with Gasteiger partial charge in [-0.25, -0.2) is 12.8 Å². The summed E-state index contributed by atoms with van der Waals surface area (Å²) >= 11 is 1.73. The standard InChI is InChI=1S/C11H15FN2O2S2/c1-8-6-9(7-10(13)11(8)12)18(15,16)14-2-4-17-5-3-14/h6-7H,2-5,13H2,1H3. The highest BCUT2D eigenvalue weighted by Gasteiger charge is 2.27. The molecule has 18 heavy (non-hydrogen) atoms. The van der Waals surface area contributed by atoms with Crippen LogP contribution in [0.4, 0.5) is 10.1 Å². The molecule has 0 radical (unpaired) electrons. The van der Waals surface area contributed by atoms with Crippen molar-refractivity contribution in [3.05, 3.63) is 23.5 Å². The molecule has 1 fully saturated rings. The van der Waals surface area contributed by atoms with Crippen molar-refractivity contribution in [1.29, 1.82) is 0 Å². The second-order valence-electron chi connectivity index (χ2n) is 4.16. The van der Waals surface area contributed by atoms with E-state index in [0.717, 1.165) is 11.5 Å². The maximum atomic E-state index is 13.4. The normalized spacial score (nSPS) is 17.9. The summed E-state index contributed by atoms with van der Waals surface area (Å²) in [6.07, 6.45) is 0. The van der Waals surface area contributed by atoms with Crippen LogP contribution in [0.1, 0.15) is 5.56 Å². The Bertz CT molecular complexity index is 531. The minimum absolute atomic E-state index is 0.0748. The third-order valence-corrected chi connectivity index (χ3v) is 5.68. The van der Waals surface area contributed by atoms with Gasteiger partial charge in [0, 0.05) is 24.6 Å². The van der Waals surface area contributed by atoms with Crippen molar-refractivity contribution in [3.8, 4) is 0 Å². The Hall–Kier alpha value is -0.790. The fourth-order valence-electron chi connectivity index (χ4n) is 1.85. The number of aryl methyl sites for hydroxylation is 1. The Morgan fingerprint density at radius 1 is 1.33 bits per heavy atom. The lowest BCUT2D eigenvalue weighted by Crippen LogP contribution is -2.37. The summed E-state index contributed by atoms with van der Waals surface area (Å²) in [7, 11) is -3.55. The van der Waals surface area contributed by atoms with Gasteiger partial charge >= 0.3 is 0 Å². The van der Waals surface area contributed by atoms with Crippen molar-refractivity contribution in [1.82, 2.24) is 4.31 Å². The molecule has 1 heterocycles. The number of nitrogen functional groups attached to an aromatic ring is 1. The highest BCUT2D eigenvalue weighted by atomic mass is 32.2. The zero-order valence-corrected chi connectivity index (χ0v) is 11.7. The Labute approximate surface area is 110 Å². The van der Waals surface area contributed by atoms with E-state index < -0.39 is 15.8 Å². The van der Waals surface area contributed by atoms with E-state index in [9.17, 15) is 12.8 Å². The lowest BCUT2D eigenvalue weighted by atomic mass is 10.2. The van der Waals surface area contributed by atoms with Crippen LogP contribution in [0.15, 0.2) is 17.0 Å². The van der Waals surface area contributed by atoms with E-state index in [4.69, 9.17) is 5.73 Å². The summed E-state index contributed by atoms with van der Waals surface area (Å²) in [6, 6.07) is 2.53. The van der Waals surface area contributed by atoms with Gasteiger partial charge in [0.25, 0.3) is 0 Å². The van der Waals surface area contributed by atoms with E-state index in [1.165, 1.54) is 23.4 Å². The van der Waals surface area contributed by atoms with Gasteiger partial charge in [0.1, 0.15) is 5.82 Å². The molecule has 0 unspecified atom stereocenters. The van der Waals surface area contributed by atoms with Gasteiger partial charge in [0.2, 0.25) is 10.0 Å². The van der Waals surface area contributed by atoms with Crippen LogP contribution in [0.5, 0.6) is 0 Å².